The number of carbonyl (C=O) groups is 1. The quantitative estimate of drug-likeness (QED) is 0.332. The Bertz CT molecular complexity index is 1110. The molecule has 3 aromatic rings. The number of carbonyl (C=O) groups excluding carboxylic acids is 1. The van der Waals surface area contributed by atoms with Crippen LogP contribution in [0.5, 0.6) is 5.75 Å². The first kappa shape index (κ1) is 21.7. The molecule has 0 radical (unpaired) electrons. The number of nitro benzene ring substituents is 1. The molecule has 0 atom stereocenters. The van der Waals surface area contributed by atoms with Crippen molar-refractivity contribution in [3.63, 3.8) is 0 Å². The van der Waals surface area contributed by atoms with Gasteiger partial charge in [-0.15, -0.1) is 0 Å². The van der Waals surface area contributed by atoms with Crippen LogP contribution in [0.25, 0.3) is 0 Å². The van der Waals surface area contributed by atoms with Gasteiger partial charge in [0.1, 0.15) is 12.4 Å². The highest BCUT2D eigenvalue weighted by molar-refractivity contribution is 5.83. The largest absolute Gasteiger partial charge is 0.489 e. The molecule has 0 spiro atoms. The lowest BCUT2D eigenvalue weighted by Crippen LogP contribution is -2.20. The van der Waals surface area contributed by atoms with Crippen molar-refractivity contribution < 1.29 is 14.5 Å². The number of amides is 1. The fourth-order valence-corrected chi connectivity index (χ4v) is 3.00. The Hall–Kier alpha value is -4.00. The molecule has 0 aliphatic rings. The minimum Gasteiger partial charge on any atom is -0.489 e. The summed E-state index contributed by atoms with van der Waals surface area (Å²) in [4.78, 5) is 22.4. The molecule has 0 fully saturated rings. The summed E-state index contributed by atoms with van der Waals surface area (Å²) in [6.07, 6.45) is 1.82. The fraction of sp³-hybridized carbons (Fsp3) is 0.167. The van der Waals surface area contributed by atoms with Gasteiger partial charge < -0.3 is 4.74 Å². The van der Waals surface area contributed by atoms with Crippen LogP contribution in [0.4, 0.5) is 5.69 Å². The second-order valence-corrected chi connectivity index (χ2v) is 7.18. The minimum atomic E-state index is -0.436. The standard InChI is InChI=1S/C24H23N3O4/c1-17-6-9-21(18(2)12-17)14-24(28)26-25-15-20-4-3-5-23(13-20)31-16-19-7-10-22(11-8-19)27(29)30/h3-13,15H,14,16H2,1-2H3,(H,26,28)/b25-15+. The van der Waals surface area contributed by atoms with E-state index in [1.807, 2.05) is 50.2 Å². The molecule has 0 aliphatic heterocycles. The van der Waals surface area contributed by atoms with Crippen molar-refractivity contribution in [2.75, 3.05) is 0 Å². The van der Waals surface area contributed by atoms with Crippen LogP contribution >= 0.6 is 0 Å². The van der Waals surface area contributed by atoms with Gasteiger partial charge in [-0.3, -0.25) is 14.9 Å². The van der Waals surface area contributed by atoms with Gasteiger partial charge in [0, 0.05) is 12.1 Å². The summed E-state index contributed by atoms with van der Waals surface area (Å²) in [5.74, 6) is 0.442. The average Bonchev–Trinajstić information content (AvgIpc) is 2.75. The minimum absolute atomic E-state index is 0.0431. The van der Waals surface area contributed by atoms with E-state index >= 15 is 0 Å². The molecule has 158 valence electrons. The second kappa shape index (κ2) is 10.2. The first-order valence-electron chi connectivity index (χ1n) is 9.75. The Morgan fingerprint density at radius 1 is 1.10 bits per heavy atom. The third kappa shape index (κ3) is 6.50. The van der Waals surface area contributed by atoms with E-state index in [2.05, 4.69) is 10.5 Å². The van der Waals surface area contributed by atoms with Gasteiger partial charge in [0.15, 0.2) is 0 Å². The molecular formula is C24H23N3O4. The van der Waals surface area contributed by atoms with Crippen molar-refractivity contribution in [1.29, 1.82) is 0 Å². The second-order valence-electron chi connectivity index (χ2n) is 7.18. The number of hydrogen-bond donors (Lipinski definition) is 1. The maximum absolute atomic E-state index is 12.1. The first-order valence-corrected chi connectivity index (χ1v) is 9.75. The topological polar surface area (TPSA) is 93.8 Å². The molecule has 0 aliphatic carbocycles. The lowest BCUT2D eigenvalue weighted by molar-refractivity contribution is -0.384. The maximum atomic E-state index is 12.1. The predicted molar refractivity (Wildman–Crippen MR) is 119 cm³/mol. The van der Waals surface area contributed by atoms with Crippen molar-refractivity contribution >= 4 is 17.8 Å². The van der Waals surface area contributed by atoms with E-state index in [1.54, 1.807) is 24.4 Å². The summed E-state index contributed by atoms with van der Waals surface area (Å²) in [5.41, 5.74) is 7.40. The number of nitrogens with zero attached hydrogens (tertiary/aromatic N) is 2. The number of rotatable bonds is 8. The monoisotopic (exact) mass is 417 g/mol. The van der Waals surface area contributed by atoms with Gasteiger partial charge in [0.25, 0.3) is 5.69 Å². The Labute approximate surface area is 180 Å². The van der Waals surface area contributed by atoms with Crippen molar-refractivity contribution in [3.8, 4) is 5.75 Å². The highest BCUT2D eigenvalue weighted by atomic mass is 16.6. The first-order chi connectivity index (χ1) is 14.9. The average molecular weight is 417 g/mol. The van der Waals surface area contributed by atoms with E-state index in [0.717, 1.165) is 27.8 Å². The highest BCUT2D eigenvalue weighted by Gasteiger charge is 2.06. The third-order valence-corrected chi connectivity index (χ3v) is 4.66. The lowest BCUT2D eigenvalue weighted by Gasteiger charge is -2.07. The molecule has 0 aromatic heterocycles. The molecule has 0 saturated carbocycles. The lowest BCUT2D eigenvalue weighted by atomic mass is 10.0. The van der Waals surface area contributed by atoms with Crippen LogP contribution in [0.15, 0.2) is 71.8 Å². The summed E-state index contributed by atoms with van der Waals surface area (Å²) >= 11 is 0. The molecule has 0 saturated heterocycles. The number of benzene rings is 3. The molecular weight excluding hydrogens is 394 g/mol. The number of hydrazone groups is 1. The van der Waals surface area contributed by atoms with E-state index < -0.39 is 4.92 Å². The van der Waals surface area contributed by atoms with Crippen LogP contribution in [0.2, 0.25) is 0 Å². The van der Waals surface area contributed by atoms with Gasteiger partial charge >= 0.3 is 0 Å². The third-order valence-electron chi connectivity index (χ3n) is 4.66. The summed E-state index contributed by atoms with van der Waals surface area (Å²) in [7, 11) is 0. The molecule has 3 rings (SSSR count). The Morgan fingerprint density at radius 3 is 2.58 bits per heavy atom. The van der Waals surface area contributed by atoms with E-state index in [1.165, 1.54) is 12.1 Å². The zero-order valence-electron chi connectivity index (χ0n) is 17.4. The summed E-state index contributed by atoms with van der Waals surface area (Å²) in [5, 5.41) is 14.7. The van der Waals surface area contributed by atoms with Gasteiger partial charge in [-0.2, -0.15) is 5.10 Å². The van der Waals surface area contributed by atoms with Crippen LogP contribution in [-0.4, -0.2) is 17.0 Å². The van der Waals surface area contributed by atoms with Gasteiger partial charge in [-0.05, 0) is 60.4 Å². The molecule has 7 heteroatoms. The molecule has 31 heavy (non-hydrogen) atoms. The number of aryl methyl sites for hydroxylation is 2. The smallest absolute Gasteiger partial charge is 0.269 e. The Morgan fingerprint density at radius 2 is 1.87 bits per heavy atom. The van der Waals surface area contributed by atoms with Crippen molar-refractivity contribution in [2.45, 2.75) is 26.9 Å². The molecule has 0 heterocycles. The molecule has 3 aromatic carbocycles. The van der Waals surface area contributed by atoms with E-state index in [0.29, 0.717) is 5.75 Å². The molecule has 1 amide bonds. The Balaban J connectivity index is 1.52. The number of nitro groups is 1. The van der Waals surface area contributed by atoms with Crippen molar-refractivity contribution in [2.24, 2.45) is 5.10 Å². The fourth-order valence-electron chi connectivity index (χ4n) is 3.00. The zero-order valence-corrected chi connectivity index (χ0v) is 17.4. The summed E-state index contributed by atoms with van der Waals surface area (Å²) < 4.78 is 5.74. The predicted octanol–water partition coefficient (Wildman–Crippen LogP) is 4.48. The van der Waals surface area contributed by atoms with Crippen LogP contribution in [0, 0.1) is 24.0 Å². The molecule has 0 unspecified atom stereocenters. The van der Waals surface area contributed by atoms with Crippen LogP contribution in [0.3, 0.4) is 0 Å². The van der Waals surface area contributed by atoms with Crippen molar-refractivity contribution in [1.82, 2.24) is 5.43 Å². The summed E-state index contributed by atoms with van der Waals surface area (Å²) in [6.45, 7) is 4.29. The van der Waals surface area contributed by atoms with Crippen LogP contribution < -0.4 is 10.2 Å². The van der Waals surface area contributed by atoms with Crippen LogP contribution in [0.1, 0.15) is 27.8 Å². The van der Waals surface area contributed by atoms with Gasteiger partial charge in [-0.25, -0.2) is 5.43 Å². The SMILES string of the molecule is Cc1ccc(CC(=O)N/N=C/c2cccc(OCc3ccc([N+](=O)[O-])cc3)c2)c(C)c1. The molecule has 7 nitrogen and oxygen atoms in total. The number of non-ortho nitro benzene ring substituents is 1. The highest BCUT2D eigenvalue weighted by Crippen LogP contribution is 2.16. The van der Waals surface area contributed by atoms with Gasteiger partial charge in [0.2, 0.25) is 5.91 Å². The normalized spacial score (nSPS) is 10.8. The van der Waals surface area contributed by atoms with Crippen LogP contribution in [-0.2, 0) is 17.8 Å². The van der Waals surface area contributed by atoms with Gasteiger partial charge in [0.05, 0.1) is 17.6 Å². The van der Waals surface area contributed by atoms with E-state index in [4.69, 9.17) is 4.74 Å². The number of nitrogens with one attached hydrogen (secondary N) is 1. The summed E-state index contributed by atoms with van der Waals surface area (Å²) in [6, 6.07) is 19.5. The van der Waals surface area contributed by atoms with E-state index in [-0.39, 0.29) is 24.6 Å². The number of hydrogen-bond acceptors (Lipinski definition) is 5. The molecule has 1 N–H and O–H groups in total. The number of ether oxygens (including phenoxy) is 1. The zero-order chi connectivity index (χ0) is 22.2. The molecule has 0 bridgehead atoms. The van der Waals surface area contributed by atoms with Gasteiger partial charge in [-0.1, -0.05) is 35.9 Å². The van der Waals surface area contributed by atoms with E-state index in [9.17, 15) is 14.9 Å². The maximum Gasteiger partial charge on any atom is 0.269 e. The Kier molecular flexibility index (Phi) is 7.11. The van der Waals surface area contributed by atoms with Crippen molar-refractivity contribution in [3.05, 3.63) is 105 Å².